The van der Waals surface area contributed by atoms with E-state index < -0.39 is 0 Å². The van der Waals surface area contributed by atoms with Crippen molar-refractivity contribution in [2.24, 2.45) is 0 Å². The zero-order chi connectivity index (χ0) is 32.1. The fraction of sp³-hybridized carbons (Fsp3) is 0. The molecule has 0 radical (unpaired) electrons. The number of thiophene rings is 1. The first-order valence-electron chi connectivity index (χ1n) is 17.0. The van der Waals surface area contributed by atoms with Gasteiger partial charge in [0, 0.05) is 42.1 Å². The Balaban J connectivity index is 1.32. The number of aromatic nitrogens is 1. The van der Waals surface area contributed by atoms with Crippen LogP contribution in [-0.4, -0.2) is 11.3 Å². The number of rotatable bonds is 3. The van der Waals surface area contributed by atoms with Crippen LogP contribution in [0.2, 0.25) is 0 Å². The molecule has 1 aliphatic heterocycles. The minimum Gasteiger partial charge on any atom is -0.310 e. The molecule has 3 heteroatoms. The normalized spacial score (nSPS) is 12.4. The van der Waals surface area contributed by atoms with Crippen LogP contribution in [0.1, 0.15) is 0 Å². The Morgan fingerprint density at radius 1 is 0.429 bits per heavy atom. The fourth-order valence-electron chi connectivity index (χ4n) is 8.57. The van der Waals surface area contributed by atoms with Crippen LogP contribution in [0, 0.1) is 0 Å². The van der Waals surface area contributed by atoms with Crippen LogP contribution in [0.3, 0.4) is 0 Å². The Morgan fingerprint density at radius 3 is 1.84 bits per heavy atom. The van der Waals surface area contributed by atoms with Crippen molar-refractivity contribution < 1.29 is 0 Å². The van der Waals surface area contributed by atoms with E-state index in [2.05, 4.69) is 174 Å². The van der Waals surface area contributed by atoms with Gasteiger partial charge in [0.15, 0.2) is 0 Å². The van der Waals surface area contributed by atoms with Gasteiger partial charge in [0.25, 0.3) is 0 Å². The highest BCUT2D eigenvalue weighted by atomic mass is 32.1. The highest BCUT2D eigenvalue weighted by Gasteiger charge is 2.36. The second-order valence-electron chi connectivity index (χ2n) is 13.2. The third kappa shape index (κ3) is 3.88. The van der Waals surface area contributed by atoms with Crippen molar-refractivity contribution in [1.29, 1.82) is 0 Å². The lowest BCUT2D eigenvalue weighted by atomic mass is 9.33. The number of nitrogens with zero attached hydrogens (tertiary/aromatic N) is 1. The first-order valence-corrected chi connectivity index (χ1v) is 17.8. The van der Waals surface area contributed by atoms with Crippen molar-refractivity contribution in [3.05, 3.63) is 170 Å². The van der Waals surface area contributed by atoms with Gasteiger partial charge in [0.05, 0.1) is 5.52 Å². The fourth-order valence-corrected chi connectivity index (χ4v) is 9.71. The average molecular weight is 638 g/mol. The molecule has 49 heavy (non-hydrogen) atoms. The van der Waals surface area contributed by atoms with E-state index in [4.69, 9.17) is 0 Å². The van der Waals surface area contributed by atoms with Gasteiger partial charge in [0.1, 0.15) is 0 Å². The van der Waals surface area contributed by atoms with Gasteiger partial charge < -0.3 is 4.57 Å². The Labute approximate surface area is 288 Å². The molecule has 0 unspecified atom stereocenters. The van der Waals surface area contributed by atoms with Crippen molar-refractivity contribution in [3.8, 4) is 27.9 Å². The number of benzene rings is 8. The van der Waals surface area contributed by atoms with Crippen molar-refractivity contribution in [2.75, 3.05) is 0 Å². The van der Waals surface area contributed by atoms with Gasteiger partial charge >= 0.3 is 0 Å². The van der Waals surface area contributed by atoms with Crippen molar-refractivity contribution in [2.45, 2.75) is 0 Å². The molecule has 0 saturated heterocycles. The zero-order valence-electron chi connectivity index (χ0n) is 26.6. The summed E-state index contributed by atoms with van der Waals surface area (Å²) in [5, 5.41) is 7.84. The first kappa shape index (κ1) is 27.1. The smallest absolute Gasteiger partial charge is 0.248 e. The van der Waals surface area contributed by atoms with E-state index in [9.17, 15) is 0 Å². The summed E-state index contributed by atoms with van der Waals surface area (Å²) >= 11 is 1.89. The lowest BCUT2D eigenvalue weighted by molar-refractivity contribution is 1.19. The highest BCUT2D eigenvalue weighted by Crippen LogP contribution is 2.39. The molecule has 10 aromatic rings. The number of hydrogen-bond acceptors (Lipinski definition) is 1. The molecule has 0 bridgehead atoms. The van der Waals surface area contributed by atoms with E-state index >= 15 is 0 Å². The molecule has 1 nitrogen and oxygen atoms in total. The van der Waals surface area contributed by atoms with Crippen molar-refractivity contribution >= 4 is 87.2 Å². The van der Waals surface area contributed by atoms with E-state index in [1.54, 1.807) is 0 Å². The van der Waals surface area contributed by atoms with Crippen molar-refractivity contribution in [1.82, 2.24) is 4.57 Å². The van der Waals surface area contributed by atoms with E-state index in [1.165, 1.54) is 97.1 Å². The van der Waals surface area contributed by atoms with Gasteiger partial charge in [0.2, 0.25) is 6.71 Å². The summed E-state index contributed by atoms with van der Waals surface area (Å²) in [4.78, 5) is 0. The van der Waals surface area contributed by atoms with Gasteiger partial charge in [-0.25, -0.2) is 0 Å². The van der Waals surface area contributed by atoms with Crippen LogP contribution in [0.4, 0.5) is 0 Å². The second-order valence-corrected chi connectivity index (χ2v) is 14.3. The molecule has 11 rings (SSSR count). The molecule has 1 aliphatic rings. The van der Waals surface area contributed by atoms with Gasteiger partial charge in [-0.05, 0) is 74.3 Å². The molecular weight excluding hydrogens is 609 g/mol. The molecule has 226 valence electrons. The van der Waals surface area contributed by atoms with Crippen LogP contribution in [0.25, 0.3) is 80.7 Å². The molecular formula is C46H28BNS. The second kappa shape index (κ2) is 10.3. The monoisotopic (exact) mass is 637 g/mol. The Hall–Kier alpha value is -5.90. The summed E-state index contributed by atoms with van der Waals surface area (Å²) in [5.41, 5.74) is 12.9. The third-order valence-corrected chi connectivity index (χ3v) is 11.8. The number of hydrogen-bond donors (Lipinski definition) is 0. The predicted molar refractivity (Wildman–Crippen MR) is 213 cm³/mol. The molecule has 0 spiro atoms. The Bertz CT molecular complexity index is 2880. The topological polar surface area (TPSA) is 4.93 Å². The van der Waals surface area contributed by atoms with Gasteiger partial charge in [-0.15, -0.1) is 11.3 Å². The zero-order valence-corrected chi connectivity index (χ0v) is 27.4. The molecule has 8 aromatic carbocycles. The van der Waals surface area contributed by atoms with Crippen LogP contribution < -0.4 is 16.4 Å². The van der Waals surface area contributed by atoms with Crippen LogP contribution in [0.5, 0.6) is 0 Å². The molecule has 0 fully saturated rings. The summed E-state index contributed by atoms with van der Waals surface area (Å²) < 4.78 is 5.23. The Kier molecular flexibility index (Phi) is 5.70. The van der Waals surface area contributed by atoms with Crippen LogP contribution >= 0.6 is 11.3 Å². The first-order chi connectivity index (χ1) is 24.3. The number of para-hydroxylation sites is 2. The summed E-state index contributed by atoms with van der Waals surface area (Å²) in [6.07, 6.45) is 0. The van der Waals surface area contributed by atoms with Gasteiger partial charge in [-0.3, -0.25) is 0 Å². The maximum absolute atomic E-state index is 2.55. The molecule has 0 aliphatic carbocycles. The SMILES string of the molecule is c1ccc(-c2cccc(-c3ccccc3)c2B2c3cc4cc5sc6ccccc6c5cc4cc3-n3c4ccccc4c4cccc2c43)cc1. The quantitative estimate of drug-likeness (QED) is 0.170. The summed E-state index contributed by atoms with van der Waals surface area (Å²) in [6.45, 7) is 0.0182. The molecule has 0 amide bonds. The standard InChI is InChI=1S/C46H28BNS/c1-3-13-29(14-4-1)33-19-11-20-34(30-15-5-2-6-16-30)45(33)47-39-22-12-21-37-35-17-7-9-23-41(35)48(46(37)39)42-27-31-25-38-36-18-8-10-24-43(36)49-44(38)28-32(31)26-40(42)47/h1-28H. The minimum atomic E-state index is 0.0182. The summed E-state index contributed by atoms with van der Waals surface area (Å²) in [6, 6.07) is 63.3. The summed E-state index contributed by atoms with van der Waals surface area (Å²) in [7, 11) is 0. The van der Waals surface area contributed by atoms with E-state index in [-0.39, 0.29) is 6.71 Å². The molecule has 0 N–H and O–H groups in total. The van der Waals surface area contributed by atoms with Gasteiger partial charge in [-0.1, -0.05) is 145 Å². The van der Waals surface area contributed by atoms with Crippen LogP contribution in [-0.2, 0) is 0 Å². The lowest BCUT2D eigenvalue weighted by Gasteiger charge is -2.30. The average Bonchev–Trinajstić information content (AvgIpc) is 3.70. The predicted octanol–water partition coefficient (Wildman–Crippen LogP) is 10.5. The highest BCUT2D eigenvalue weighted by molar-refractivity contribution is 7.25. The van der Waals surface area contributed by atoms with E-state index in [0.29, 0.717) is 0 Å². The maximum Gasteiger partial charge on any atom is 0.248 e. The van der Waals surface area contributed by atoms with Crippen molar-refractivity contribution in [3.63, 3.8) is 0 Å². The molecule has 0 atom stereocenters. The molecule has 2 aromatic heterocycles. The van der Waals surface area contributed by atoms with E-state index in [0.717, 1.165) is 0 Å². The maximum atomic E-state index is 2.55. The third-order valence-electron chi connectivity index (χ3n) is 10.6. The Morgan fingerprint density at radius 2 is 1.06 bits per heavy atom. The van der Waals surface area contributed by atoms with Gasteiger partial charge in [-0.2, -0.15) is 0 Å². The largest absolute Gasteiger partial charge is 0.310 e. The van der Waals surface area contributed by atoms with Crippen LogP contribution in [0.15, 0.2) is 170 Å². The lowest BCUT2D eigenvalue weighted by Crippen LogP contribution is -2.57. The number of fused-ring (bicyclic) bond motifs is 9. The van der Waals surface area contributed by atoms with E-state index in [1.807, 2.05) is 11.3 Å². The summed E-state index contributed by atoms with van der Waals surface area (Å²) in [5.74, 6) is 0. The minimum absolute atomic E-state index is 0.0182. The molecule has 0 saturated carbocycles. The molecule has 3 heterocycles.